The minimum absolute atomic E-state index is 0.0555. The first-order valence-corrected chi connectivity index (χ1v) is 27.6. The van der Waals surface area contributed by atoms with Crippen LogP contribution < -0.4 is 9.47 Å². The van der Waals surface area contributed by atoms with Gasteiger partial charge in [-0.1, -0.05) is 228 Å². The van der Waals surface area contributed by atoms with Crippen molar-refractivity contribution in [3.8, 4) is 11.5 Å². The third-order valence-corrected chi connectivity index (χ3v) is 12.7. The second kappa shape index (κ2) is 34.9. The maximum absolute atomic E-state index is 11.8. The third-order valence-electron chi connectivity index (χ3n) is 12.7. The van der Waals surface area contributed by atoms with Crippen molar-refractivity contribution >= 4 is 33.5 Å². The first-order chi connectivity index (χ1) is 31.9. The van der Waals surface area contributed by atoms with E-state index in [4.69, 9.17) is 18.9 Å². The van der Waals surface area contributed by atoms with E-state index in [2.05, 4.69) is 48.5 Å². The average Bonchev–Trinajstić information content (AvgIpc) is 3.27. The Morgan fingerprint density at radius 3 is 0.727 bits per heavy atom. The lowest BCUT2D eigenvalue weighted by Gasteiger charge is -2.19. The Kier molecular flexibility index (Phi) is 30.2. The number of unbranched alkanes of at least 4 members (excludes halogenated alkanes) is 30. The average molecular weight is 915 g/mol. The summed E-state index contributed by atoms with van der Waals surface area (Å²) < 4.78 is 24.0. The molecule has 3 aromatic carbocycles. The minimum Gasteiger partial charge on any atom is -0.492 e. The molecule has 6 heteroatoms. The number of carbonyl (C=O) groups excluding carboxylic acids is 2. The summed E-state index contributed by atoms with van der Waals surface area (Å²) >= 11 is 0. The lowest BCUT2D eigenvalue weighted by molar-refractivity contribution is -0.156. The zero-order chi connectivity index (χ0) is 47.6. The summed E-state index contributed by atoms with van der Waals surface area (Å²) in [5, 5.41) is 4.62. The van der Waals surface area contributed by atoms with Gasteiger partial charge in [0.15, 0.2) is 0 Å². The Labute approximate surface area is 404 Å². The molecule has 3 rings (SSSR count). The third kappa shape index (κ3) is 27.5. The highest BCUT2D eigenvalue weighted by atomic mass is 16.6. The van der Waals surface area contributed by atoms with Crippen LogP contribution in [0.3, 0.4) is 0 Å². The molecule has 0 bridgehead atoms. The smallest absolute Gasteiger partial charge is 0.306 e. The van der Waals surface area contributed by atoms with Gasteiger partial charge in [0.1, 0.15) is 22.7 Å². The minimum atomic E-state index is -0.369. The van der Waals surface area contributed by atoms with Crippen molar-refractivity contribution in [3.63, 3.8) is 0 Å². The highest BCUT2D eigenvalue weighted by molar-refractivity contribution is 6.11. The Hall–Kier alpha value is -3.28. The molecular formula is C60H98O6. The van der Waals surface area contributed by atoms with E-state index < -0.39 is 0 Å². The fraction of sp³-hybridized carbons (Fsp3) is 0.733. The lowest BCUT2D eigenvalue weighted by Crippen LogP contribution is -2.23. The van der Waals surface area contributed by atoms with Crippen LogP contribution in [0.5, 0.6) is 11.5 Å². The van der Waals surface area contributed by atoms with E-state index in [0.717, 1.165) is 84.8 Å². The first-order valence-electron chi connectivity index (χ1n) is 27.6. The van der Waals surface area contributed by atoms with E-state index >= 15 is 0 Å². The number of rotatable bonds is 40. The molecule has 0 aliphatic rings. The van der Waals surface area contributed by atoms with E-state index in [0.29, 0.717) is 12.8 Å². The molecule has 0 aromatic heterocycles. The van der Waals surface area contributed by atoms with E-state index in [9.17, 15) is 9.59 Å². The van der Waals surface area contributed by atoms with Gasteiger partial charge in [-0.2, -0.15) is 0 Å². The molecule has 0 heterocycles. The number of carbonyl (C=O) groups is 2. The summed E-state index contributed by atoms with van der Waals surface area (Å²) in [6.45, 7) is 13.1. The summed E-state index contributed by atoms with van der Waals surface area (Å²) in [4.78, 5) is 23.6. The second-order valence-electron chi connectivity index (χ2n) is 21.4. The summed E-state index contributed by atoms with van der Waals surface area (Å²) in [5.41, 5.74) is -0.738. The SMILES string of the molecule is CC(C)(C)OC(=O)CCCCCCCCCCCCCCCCCCOc1c2ccccc2c(OCCCCCCCCCCCCCCCCCCC(=O)OC(C)(C)C)c2ccccc12. The standard InChI is InChI=1S/C60H98O6/c1-59(2,3)65-55(61)47-35-31-27-23-19-15-11-7-9-13-17-21-25-29-33-41-49-63-57-51-43-37-39-45-53(51)58(54-46-40-38-44-52(54)57)64-50-42-34-30-26-22-18-14-10-8-12-16-20-24-28-32-36-48-56(62)66-60(4,5)6/h37-40,43-46H,7-36,41-42,47-50H2,1-6H3. The number of hydrogen-bond donors (Lipinski definition) is 0. The predicted molar refractivity (Wildman–Crippen MR) is 281 cm³/mol. The molecule has 6 nitrogen and oxygen atoms in total. The zero-order valence-corrected chi connectivity index (χ0v) is 43.5. The van der Waals surface area contributed by atoms with Crippen LogP contribution >= 0.6 is 0 Å². The van der Waals surface area contributed by atoms with Crippen LogP contribution in [0.25, 0.3) is 21.5 Å². The highest BCUT2D eigenvalue weighted by Crippen LogP contribution is 2.43. The van der Waals surface area contributed by atoms with Crippen LogP contribution in [-0.2, 0) is 19.1 Å². The topological polar surface area (TPSA) is 71.1 Å². The van der Waals surface area contributed by atoms with Gasteiger partial charge in [-0.25, -0.2) is 0 Å². The van der Waals surface area contributed by atoms with Crippen LogP contribution in [0.2, 0.25) is 0 Å². The van der Waals surface area contributed by atoms with E-state index in [1.807, 2.05) is 41.5 Å². The molecule has 374 valence electrons. The summed E-state index contributed by atoms with van der Waals surface area (Å²) in [6.07, 6.45) is 42.0. The van der Waals surface area contributed by atoms with Crippen molar-refractivity contribution in [1.29, 1.82) is 0 Å². The van der Waals surface area contributed by atoms with Crippen LogP contribution in [0, 0.1) is 0 Å². The summed E-state index contributed by atoms with van der Waals surface area (Å²) in [7, 11) is 0. The molecule has 0 unspecified atom stereocenters. The van der Waals surface area contributed by atoms with Crippen molar-refractivity contribution in [2.24, 2.45) is 0 Å². The Balaban J connectivity index is 1.17. The molecule has 3 aromatic rings. The zero-order valence-electron chi connectivity index (χ0n) is 43.5. The quantitative estimate of drug-likeness (QED) is 0.0322. The van der Waals surface area contributed by atoms with Gasteiger partial charge in [-0.15, -0.1) is 0 Å². The summed E-state index contributed by atoms with van der Waals surface area (Å²) in [6, 6.07) is 17.3. The Morgan fingerprint density at radius 2 is 0.515 bits per heavy atom. The predicted octanol–water partition coefficient (Wildman–Crippen LogP) is 18.7. The molecular weight excluding hydrogens is 817 g/mol. The van der Waals surface area contributed by atoms with Crippen molar-refractivity contribution in [3.05, 3.63) is 48.5 Å². The number of hydrogen-bond acceptors (Lipinski definition) is 6. The normalized spacial score (nSPS) is 12.0. The van der Waals surface area contributed by atoms with Crippen molar-refractivity contribution in [2.75, 3.05) is 13.2 Å². The molecule has 0 radical (unpaired) electrons. The molecule has 0 fully saturated rings. The van der Waals surface area contributed by atoms with Crippen LogP contribution in [-0.4, -0.2) is 36.4 Å². The largest absolute Gasteiger partial charge is 0.492 e. The summed E-state index contributed by atoms with van der Waals surface area (Å²) in [5.74, 6) is 1.90. The van der Waals surface area contributed by atoms with Gasteiger partial charge in [-0.3, -0.25) is 9.59 Å². The fourth-order valence-corrected chi connectivity index (χ4v) is 9.19. The van der Waals surface area contributed by atoms with Gasteiger partial charge in [-0.05, 0) is 67.2 Å². The van der Waals surface area contributed by atoms with Crippen LogP contribution in [0.15, 0.2) is 48.5 Å². The number of benzene rings is 3. The molecule has 0 amide bonds. The van der Waals surface area contributed by atoms with Crippen LogP contribution in [0.1, 0.15) is 260 Å². The van der Waals surface area contributed by atoms with Gasteiger partial charge >= 0.3 is 11.9 Å². The highest BCUT2D eigenvalue weighted by Gasteiger charge is 2.18. The lowest BCUT2D eigenvalue weighted by atomic mass is 10.0. The number of fused-ring (bicyclic) bond motifs is 2. The first kappa shape index (κ1) is 57.0. The van der Waals surface area contributed by atoms with E-state index in [-0.39, 0.29) is 23.1 Å². The fourth-order valence-electron chi connectivity index (χ4n) is 9.19. The monoisotopic (exact) mass is 915 g/mol. The number of ether oxygens (including phenoxy) is 4. The van der Waals surface area contributed by atoms with Gasteiger partial charge in [0.25, 0.3) is 0 Å². The molecule has 0 aliphatic carbocycles. The maximum atomic E-state index is 11.8. The molecule has 0 saturated heterocycles. The van der Waals surface area contributed by atoms with Crippen LogP contribution in [0.4, 0.5) is 0 Å². The van der Waals surface area contributed by atoms with Crippen molar-refractivity contribution < 1.29 is 28.5 Å². The number of esters is 2. The molecule has 0 spiro atoms. The van der Waals surface area contributed by atoms with Gasteiger partial charge in [0.2, 0.25) is 0 Å². The Morgan fingerprint density at radius 1 is 0.318 bits per heavy atom. The molecule has 66 heavy (non-hydrogen) atoms. The maximum Gasteiger partial charge on any atom is 0.306 e. The van der Waals surface area contributed by atoms with Gasteiger partial charge in [0, 0.05) is 34.4 Å². The second-order valence-corrected chi connectivity index (χ2v) is 21.4. The van der Waals surface area contributed by atoms with E-state index in [1.54, 1.807) is 0 Å². The van der Waals surface area contributed by atoms with Crippen molar-refractivity contribution in [2.45, 2.75) is 271 Å². The molecule has 0 saturated carbocycles. The van der Waals surface area contributed by atoms with Gasteiger partial charge < -0.3 is 18.9 Å². The molecule has 0 atom stereocenters. The Bertz CT molecular complexity index is 1520. The van der Waals surface area contributed by atoms with E-state index in [1.165, 1.54) is 167 Å². The molecule has 0 N–H and O–H groups in total. The van der Waals surface area contributed by atoms with Crippen molar-refractivity contribution in [1.82, 2.24) is 0 Å². The molecule has 0 aliphatic heterocycles. The van der Waals surface area contributed by atoms with Gasteiger partial charge in [0.05, 0.1) is 13.2 Å².